The minimum atomic E-state index is -0.469. The fourth-order valence-electron chi connectivity index (χ4n) is 5.17. The second-order valence-corrected chi connectivity index (χ2v) is 9.02. The molecule has 156 valence electrons. The van der Waals surface area contributed by atoms with E-state index in [1.807, 2.05) is 21.9 Å². The minimum absolute atomic E-state index is 0.108. The molecular formula is C25H34N2O2. The molecule has 0 N–H and O–H groups in total. The molecule has 3 aliphatic rings. The molecule has 2 fully saturated rings. The molecule has 1 heterocycles. The second kappa shape index (κ2) is 9.15. The van der Waals surface area contributed by atoms with Gasteiger partial charge in [-0.25, -0.2) is 0 Å². The molecule has 1 atom stereocenters. The molecule has 2 amide bonds. The summed E-state index contributed by atoms with van der Waals surface area (Å²) >= 11 is 0. The highest BCUT2D eigenvalue weighted by Gasteiger charge is 2.42. The summed E-state index contributed by atoms with van der Waals surface area (Å²) in [5.41, 5.74) is 3.58. The van der Waals surface area contributed by atoms with Crippen molar-refractivity contribution in [1.82, 2.24) is 9.80 Å². The number of hydrogen-bond acceptors (Lipinski definition) is 2. The Morgan fingerprint density at radius 3 is 2.41 bits per heavy atom. The van der Waals surface area contributed by atoms with Crippen molar-refractivity contribution in [1.29, 1.82) is 0 Å². The summed E-state index contributed by atoms with van der Waals surface area (Å²) in [5.74, 6) is 0.232. The largest absolute Gasteiger partial charge is 0.328 e. The van der Waals surface area contributed by atoms with Crippen LogP contribution in [0.5, 0.6) is 0 Å². The molecular weight excluding hydrogens is 360 g/mol. The Hall–Kier alpha value is -2.10. The monoisotopic (exact) mass is 394 g/mol. The second-order valence-electron chi connectivity index (χ2n) is 9.02. The SMILES string of the molecule is Cc1ccc([C@@H]2C(=O)N(C3CCCCC3)CC(=O)N2CCC2=CCCCC2)cc1. The first-order valence-corrected chi connectivity index (χ1v) is 11.5. The molecule has 1 saturated carbocycles. The van der Waals surface area contributed by atoms with Gasteiger partial charge in [-0.1, -0.05) is 60.7 Å². The lowest BCUT2D eigenvalue weighted by molar-refractivity contribution is -0.159. The Bertz CT molecular complexity index is 762. The van der Waals surface area contributed by atoms with E-state index in [2.05, 4.69) is 25.1 Å². The van der Waals surface area contributed by atoms with Crippen LogP contribution >= 0.6 is 0 Å². The molecule has 0 spiro atoms. The van der Waals surface area contributed by atoms with E-state index in [9.17, 15) is 9.59 Å². The molecule has 29 heavy (non-hydrogen) atoms. The fraction of sp³-hybridized carbons (Fsp3) is 0.600. The number of aryl methyl sites for hydroxylation is 1. The summed E-state index contributed by atoms with van der Waals surface area (Å²) in [6.45, 7) is 2.96. The molecule has 4 heteroatoms. The predicted molar refractivity (Wildman–Crippen MR) is 115 cm³/mol. The number of allylic oxidation sites excluding steroid dienone is 1. The molecule has 1 aromatic rings. The zero-order valence-corrected chi connectivity index (χ0v) is 17.7. The zero-order chi connectivity index (χ0) is 20.2. The van der Waals surface area contributed by atoms with Gasteiger partial charge in [0.05, 0.1) is 0 Å². The van der Waals surface area contributed by atoms with Crippen molar-refractivity contribution in [3.05, 3.63) is 47.0 Å². The minimum Gasteiger partial charge on any atom is -0.328 e. The van der Waals surface area contributed by atoms with Gasteiger partial charge in [-0.15, -0.1) is 0 Å². The van der Waals surface area contributed by atoms with Crippen LogP contribution in [-0.4, -0.2) is 40.7 Å². The summed E-state index contributed by atoms with van der Waals surface area (Å²) in [4.78, 5) is 30.6. The average Bonchev–Trinajstić information content (AvgIpc) is 2.76. The molecule has 1 aliphatic heterocycles. The predicted octanol–water partition coefficient (Wildman–Crippen LogP) is 4.93. The van der Waals surface area contributed by atoms with Crippen LogP contribution in [0, 0.1) is 6.92 Å². The van der Waals surface area contributed by atoms with Crippen LogP contribution in [0.1, 0.15) is 81.4 Å². The first kappa shape index (κ1) is 20.2. The Morgan fingerprint density at radius 1 is 0.966 bits per heavy atom. The van der Waals surface area contributed by atoms with E-state index in [1.165, 1.54) is 30.4 Å². The molecule has 4 nitrogen and oxygen atoms in total. The highest BCUT2D eigenvalue weighted by Crippen LogP contribution is 2.33. The van der Waals surface area contributed by atoms with Gasteiger partial charge in [-0.05, 0) is 57.4 Å². The van der Waals surface area contributed by atoms with E-state index in [1.54, 1.807) is 0 Å². The van der Waals surface area contributed by atoms with Gasteiger partial charge in [0.1, 0.15) is 12.6 Å². The molecule has 0 aromatic heterocycles. The molecule has 1 aromatic carbocycles. The Kier molecular flexibility index (Phi) is 6.37. The van der Waals surface area contributed by atoms with Gasteiger partial charge in [0, 0.05) is 12.6 Å². The third kappa shape index (κ3) is 4.57. The first-order valence-electron chi connectivity index (χ1n) is 11.5. The molecule has 0 radical (unpaired) electrons. The standard InChI is InChI=1S/C25H34N2O2/c1-19-12-14-21(15-13-19)24-25(29)27(22-10-6-3-7-11-22)18-23(28)26(24)17-16-20-8-4-2-5-9-20/h8,12-15,22,24H,2-7,9-11,16-18H2,1H3/t24-/m1/s1. The van der Waals surface area contributed by atoms with Crippen LogP contribution < -0.4 is 0 Å². The van der Waals surface area contributed by atoms with E-state index < -0.39 is 6.04 Å². The van der Waals surface area contributed by atoms with Crippen molar-refractivity contribution < 1.29 is 9.59 Å². The van der Waals surface area contributed by atoms with Gasteiger partial charge in [-0.3, -0.25) is 9.59 Å². The van der Waals surface area contributed by atoms with E-state index >= 15 is 0 Å². The first-order chi connectivity index (χ1) is 14.1. The number of rotatable bonds is 5. The van der Waals surface area contributed by atoms with E-state index in [-0.39, 0.29) is 24.4 Å². The fourth-order valence-corrected chi connectivity index (χ4v) is 5.17. The number of benzene rings is 1. The van der Waals surface area contributed by atoms with Gasteiger partial charge in [0.2, 0.25) is 5.91 Å². The number of amides is 2. The van der Waals surface area contributed by atoms with Crippen LogP contribution in [-0.2, 0) is 9.59 Å². The molecule has 0 unspecified atom stereocenters. The third-order valence-corrected chi connectivity index (χ3v) is 6.92. The van der Waals surface area contributed by atoms with Crippen molar-refractivity contribution in [2.24, 2.45) is 0 Å². The van der Waals surface area contributed by atoms with Crippen LogP contribution in [0.25, 0.3) is 0 Å². The normalized spacial score (nSPS) is 24.0. The number of carbonyl (C=O) groups excluding carboxylic acids is 2. The number of carbonyl (C=O) groups is 2. The van der Waals surface area contributed by atoms with E-state index in [0.717, 1.165) is 50.5 Å². The van der Waals surface area contributed by atoms with Crippen molar-refractivity contribution in [3.63, 3.8) is 0 Å². The lowest BCUT2D eigenvalue weighted by Gasteiger charge is -2.44. The highest BCUT2D eigenvalue weighted by molar-refractivity contribution is 5.95. The molecule has 0 bridgehead atoms. The third-order valence-electron chi connectivity index (χ3n) is 6.92. The Labute approximate surface area is 175 Å². The Balaban J connectivity index is 1.58. The van der Waals surface area contributed by atoms with Crippen LogP contribution in [0.15, 0.2) is 35.9 Å². The van der Waals surface area contributed by atoms with Crippen LogP contribution in [0.2, 0.25) is 0 Å². The summed E-state index contributed by atoms with van der Waals surface area (Å²) in [5, 5.41) is 0. The van der Waals surface area contributed by atoms with Gasteiger partial charge in [-0.2, -0.15) is 0 Å². The van der Waals surface area contributed by atoms with E-state index in [4.69, 9.17) is 0 Å². The van der Waals surface area contributed by atoms with Crippen molar-refractivity contribution in [2.75, 3.05) is 13.1 Å². The number of hydrogen-bond donors (Lipinski definition) is 0. The lowest BCUT2D eigenvalue weighted by atomic mass is 9.91. The summed E-state index contributed by atoms with van der Waals surface area (Å²) in [7, 11) is 0. The Morgan fingerprint density at radius 2 is 1.72 bits per heavy atom. The van der Waals surface area contributed by atoms with Gasteiger partial charge < -0.3 is 9.80 Å². The highest BCUT2D eigenvalue weighted by atomic mass is 16.2. The smallest absolute Gasteiger partial charge is 0.250 e. The van der Waals surface area contributed by atoms with E-state index in [0.29, 0.717) is 6.54 Å². The van der Waals surface area contributed by atoms with Crippen LogP contribution in [0.4, 0.5) is 0 Å². The van der Waals surface area contributed by atoms with Gasteiger partial charge in [0.25, 0.3) is 5.91 Å². The van der Waals surface area contributed by atoms with Gasteiger partial charge in [0.15, 0.2) is 0 Å². The summed E-state index contributed by atoms with van der Waals surface area (Å²) in [6.07, 6.45) is 13.7. The van der Waals surface area contributed by atoms with Crippen molar-refractivity contribution >= 4 is 11.8 Å². The maximum atomic E-state index is 13.6. The number of nitrogens with zero attached hydrogens (tertiary/aromatic N) is 2. The topological polar surface area (TPSA) is 40.6 Å². The zero-order valence-electron chi connectivity index (χ0n) is 17.7. The molecule has 2 aliphatic carbocycles. The maximum Gasteiger partial charge on any atom is 0.250 e. The van der Waals surface area contributed by atoms with Gasteiger partial charge >= 0.3 is 0 Å². The average molecular weight is 395 g/mol. The maximum absolute atomic E-state index is 13.6. The quantitative estimate of drug-likeness (QED) is 0.665. The van der Waals surface area contributed by atoms with Crippen LogP contribution in [0.3, 0.4) is 0 Å². The molecule has 4 rings (SSSR count). The molecule has 1 saturated heterocycles. The van der Waals surface area contributed by atoms with Crippen molar-refractivity contribution in [2.45, 2.75) is 83.2 Å². The van der Waals surface area contributed by atoms with Crippen molar-refractivity contribution in [3.8, 4) is 0 Å². The lowest BCUT2D eigenvalue weighted by Crippen LogP contribution is -2.58. The summed E-state index contributed by atoms with van der Waals surface area (Å²) < 4.78 is 0. The summed E-state index contributed by atoms with van der Waals surface area (Å²) in [6, 6.07) is 7.92. The number of piperazine rings is 1.